The Morgan fingerprint density at radius 1 is 1.09 bits per heavy atom. The molecular formula is C28H39F6N5O3Si. The van der Waals surface area contributed by atoms with Crippen LogP contribution in [0.15, 0.2) is 24.5 Å². The molecule has 0 amide bonds. The molecule has 2 aromatic heterocycles. The van der Waals surface area contributed by atoms with E-state index in [1.165, 1.54) is 17.0 Å². The largest absolute Gasteiger partial charge is 0.492 e. The molecule has 0 radical (unpaired) electrons. The van der Waals surface area contributed by atoms with Crippen LogP contribution >= 0.6 is 0 Å². The van der Waals surface area contributed by atoms with Crippen LogP contribution in [0.5, 0.6) is 5.75 Å². The van der Waals surface area contributed by atoms with Crippen LogP contribution in [0.3, 0.4) is 0 Å². The Morgan fingerprint density at radius 2 is 1.79 bits per heavy atom. The van der Waals surface area contributed by atoms with Crippen molar-refractivity contribution in [1.29, 1.82) is 0 Å². The van der Waals surface area contributed by atoms with E-state index in [4.69, 9.17) is 9.47 Å². The highest BCUT2D eigenvalue weighted by molar-refractivity contribution is 6.76. The lowest BCUT2D eigenvalue weighted by molar-refractivity contribution is -0.146. The number of imidazole rings is 1. The molecule has 0 saturated carbocycles. The molecule has 0 spiro atoms. The van der Waals surface area contributed by atoms with Gasteiger partial charge in [0.2, 0.25) is 0 Å². The summed E-state index contributed by atoms with van der Waals surface area (Å²) in [6.07, 6.45) is -8.02. The van der Waals surface area contributed by atoms with E-state index >= 15 is 0 Å². The third-order valence-corrected chi connectivity index (χ3v) is 9.17. The normalized spacial score (nSPS) is 22.1. The van der Waals surface area contributed by atoms with E-state index in [-0.39, 0.29) is 54.0 Å². The highest BCUT2D eigenvalue weighted by Crippen LogP contribution is 2.40. The average molecular weight is 636 g/mol. The van der Waals surface area contributed by atoms with Crippen molar-refractivity contribution < 1.29 is 40.9 Å². The molecule has 3 aromatic rings. The number of nitrogens with one attached hydrogen (secondary N) is 1. The van der Waals surface area contributed by atoms with Crippen LogP contribution in [0, 0.1) is 0 Å². The number of hydrogen-bond donors (Lipinski definition) is 2. The summed E-state index contributed by atoms with van der Waals surface area (Å²) in [7, 11) is -1.45. The third kappa shape index (κ3) is 7.91. The number of aliphatic hydroxyl groups is 1. The molecule has 1 fully saturated rings. The maximum absolute atomic E-state index is 14.0. The number of piperidine rings is 1. The molecular weight excluding hydrogens is 596 g/mol. The first-order valence-electron chi connectivity index (χ1n) is 14.2. The van der Waals surface area contributed by atoms with Crippen LogP contribution in [-0.4, -0.2) is 57.8 Å². The zero-order valence-corrected chi connectivity index (χ0v) is 26.1. The van der Waals surface area contributed by atoms with Gasteiger partial charge < -0.3 is 24.5 Å². The first-order valence-corrected chi connectivity index (χ1v) is 17.9. The van der Waals surface area contributed by atoms with E-state index in [2.05, 4.69) is 35.0 Å². The third-order valence-electron chi connectivity index (χ3n) is 7.46. The zero-order chi connectivity index (χ0) is 32.0. The second kappa shape index (κ2) is 12.0. The molecule has 1 aromatic carbocycles. The first-order chi connectivity index (χ1) is 19.8. The van der Waals surface area contributed by atoms with Crippen LogP contribution in [0.4, 0.5) is 26.3 Å². The molecule has 0 unspecified atom stereocenters. The lowest BCUT2D eigenvalue weighted by Gasteiger charge is -2.40. The van der Waals surface area contributed by atoms with E-state index in [1.807, 2.05) is 0 Å². The Labute approximate surface area is 247 Å². The molecule has 0 bridgehead atoms. The van der Waals surface area contributed by atoms with Gasteiger partial charge in [-0.15, -0.1) is 0 Å². The summed E-state index contributed by atoms with van der Waals surface area (Å²) in [5, 5.41) is 18.9. The van der Waals surface area contributed by atoms with Crippen molar-refractivity contribution in [2.45, 2.75) is 102 Å². The summed E-state index contributed by atoms with van der Waals surface area (Å²) in [5.74, 6) is -0.0588. The van der Waals surface area contributed by atoms with Crippen LogP contribution in [-0.2, 0) is 29.4 Å². The summed E-state index contributed by atoms with van der Waals surface area (Å²) < 4.78 is 97.0. The Morgan fingerprint density at radius 3 is 2.40 bits per heavy atom. The molecule has 3 heterocycles. The monoisotopic (exact) mass is 635 g/mol. The van der Waals surface area contributed by atoms with Gasteiger partial charge in [-0.25, -0.2) is 9.67 Å². The number of aromatic nitrogens is 4. The van der Waals surface area contributed by atoms with Crippen LogP contribution in [0.25, 0.3) is 11.0 Å². The summed E-state index contributed by atoms with van der Waals surface area (Å²) in [5.41, 5.74) is -3.72. The standard InChI is InChI=1S/C28H39F6N5O3Si/c1-17(2)38-15-35-22-10-20(9-21(25(22)38)27(29,30)31)42-14-19-13-26(40,12-18(3)36-19)23-11-24(28(32,33)34)39(37-23)16-41-7-8-43(4,5)6/h9-11,15,17-19,36,40H,7-8,12-14,16H2,1-6H3/t18-,19-,26+/m0/s1. The van der Waals surface area contributed by atoms with Gasteiger partial charge in [0.1, 0.15) is 30.4 Å². The molecule has 240 valence electrons. The summed E-state index contributed by atoms with van der Waals surface area (Å²) in [6.45, 7) is 11.4. The Balaban J connectivity index is 1.54. The molecule has 43 heavy (non-hydrogen) atoms. The molecule has 1 saturated heterocycles. The van der Waals surface area contributed by atoms with E-state index in [0.29, 0.717) is 6.61 Å². The molecule has 8 nitrogen and oxygen atoms in total. The maximum Gasteiger partial charge on any atom is 0.433 e. The number of hydrogen-bond acceptors (Lipinski definition) is 6. The van der Waals surface area contributed by atoms with E-state index < -0.39 is 50.1 Å². The lowest BCUT2D eigenvalue weighted by Crippen LogP contribution is -2.53. The van der Waals surface area contributed by atoms with Crippen molar-refractivity contribution in [3.05, 3.63) is 41.5 Å². The van der Waals surface area contributed by atoms with Gasteiger partial charge in [-0.1, -0.05) is 19.6 Å². The van der Waals surface area contributed by atoms with Gasteiger partial charge in [0.15, 0.2) is 0 Å². The van der Waals surface area contributed by atoms with Crippen molar-refractivity contribution in [1.82, 2.24) is 24.6 Å². The topological polar surface area (TPSA) is 86.4 Å². The van der Waals surface area contributed by atoms with Crippen molar-refractivity contribution in [3.8, 4) is 5.75 Å². The highest BCUT2D eigenvalue weighted by Gasteiger charge is 2.44. The molecule has 2 N–H and O–H groups in total. The van der Waals surface area contributed by atoms with Gasteiger partial charge in [-0.05, 0) is 45.4 Å². The number of rotatable bonds is 10. The van der Waals surface area contributed by atoms with Gasteiger partial charge in [-0.3, -0.25) is 0 Å². The van der Waals surface area contributed by atoms with Crippen molar-refractivity contribution in [3.63, 3.8) is 0 Å². The van der Waals surface area contributed by atoms with Crippen LogP contribution in [0.1, 0.15) is 56.6 Å². The number of nitrogens with zero attached hydrogens (tertiary/aromatic N) is 4. The van der Waals surface area contributed by atoms with E-state index in [9.17, 15) is 31.4 Å². The average Bonchev–Trinajstić information content (AvgIpc) is 3.48. The number of benzene rings is 1. The minimum atomic E-state index is -4.72. The Hall–Kier alpha value is -2.62. The number of fused-ring (bicyclic) bond motifs is 1. The second-order valence-corrected chi connectivity index (χ2v) is 18.5. The fourth-order valence-electron chi connectivity index (χ4n) is 5.37. The first kappa shape index (κ1) is 33.3. The van der Waals surface area contributed by atoms with E-state index in [1.54, 1.807) is 20.8 Å². The minimum Gasteiger partial charge on any atom is -0.492 e. The van der Waals surface area contributed by atoms with Crippen molar-refractivity contribution in [2.24, 2.45) is 0 Å². The second-order valence-electron chi connectivity index (χ2n) is 12.9. The highest BCUT2D eigenvalue weighted by atomic mass is 28.3. The van der Waals surface area contributed by atoms with Gasteiger partial charge in [0.25, 0.3) is 0 Å². The summed E-state index contributed by atoms with van der Waals surface area (Å²) in [6, 6.07) is 2.75. The van der Waals surface area contributed by atoms with Crippen LogP contribution < -0.4 is 10.1 Å². The maximum atomic E-state index is 14.0. The predicted octanol–water partition coefficient (Wildman–Crippen LogP) is 6.57. The fourth-order valence-corrected chi connectivity index (χ4v) is 6.12. The Kier molecular flexibility index (Phi) is 9.32. The zero-order valence-electron chi connectivity index (χ0n) is 25.1. The van der Waals surface area contributed by atoms with E-state index in [0.717, 1.165) is 22.9 Å². The van der Waals surface area contributed by atoms with Gasteiger partial charge in [-0.2, -0.15) is 31.4 Å². The molecule has 1 aliphatic rings. The van der Waals surface area contributed by atoms with Gasteiger partial charge in [0, 0.05) is 45.3 Å². The van der Waals surface area contributed by atoms with Gasteiger partial charge >= 0.3 is 12.4 Å². The fraction of sp³-hybridized carbons (Fsp3) is 0.643. The molecule has 1 aliphatic heterocycles. The minimum absolute atomic E-state index is 0.0471. The predicted molar refractivity (Wildman–Crippen MR) is 151 cm³/mol. The molecule has 15 heteroatoms. The molecule has 4 rings (SSSR count). The van der Waals surface area contributed by atoms with Gasteiger partial charge in [0.05, 0.1) is 28.6 Å². The SMILES string of the molecule is CC(C)n1cnc2cc(OC[C@@H]3C[C@@](O)(c4cc(C(F)(F)F)n(COCC[Si](C)(C)C)n4)C[C@H](C)N3)cc(C(F)(F)F)c21. The number of alkyl halides is 6. The van der Waals surface area contributed by atoms with Crippen LogP contribution in [0.2, 0.25) is 25.7 Å². The smallest absolute Gasteiger partial charge is 0.433 e. The molecule has 0 aliphatic carbocycles. The molecule has 3 atom stereocenters. The number of halogens is 6. The number of ether oxygens (including phenoxy) is 2. The van der Waals surface area contributed by atoms with Crippen molar-refractivity contribution >= 4 is 19.1 Å². The Bertz CT molecular complexity index is 1410. The lowest BCUT2D eigenvalue weighted by atomic mass is 9.82. The quantitative estimate of drug-likeness (QED) is 0.149. The summed E-state index contributed by atoms with van der Waals surface area (Å²) >= 11 is 0. The summed E-state index contributed by atoms with van der Waals surface area (Å²) in [4.78, 5) is 4.13. The van der Waals surface area contributed by atoms with Crippen molar-refractivity contribution in [2.75, 3.05) is 13.2 Å².